The molecule has 2 saturated heterocycles. The highest BCUT2D eigenvalue weighted by Gasteiger charge is 2.48. The van der Waals surface area contributed by atoms with E-state index >= 15 is 0 Å². The molecule has 3 aromatic rings. The number of ether oxygens (including phenoxy) is 2. The van der Waals surface area contributed by atoms with Crippen molar-refractivity contribution >= 4 is 11.5 Å². The molecule has 1 spiro atoms. The highest BCUT2D eigenvalue weighted by Crippen LogP contribution is 2.37. The van der Waals surface area contributed by atoms with Crippen molar-refractivity contribution in [2.24, 2.45) is 0 Å². The van der Waals surface area contributed by atoms with Crippen molar-refractivity contribution in [3.8, 4) is 0 Å². The molecule has 2 aliphatic rings. The molecule has 3 aromatic heterocycles. The van der Waals surface area contributed by atoms with E-state index in [1.807, 2.05) is 30.3 Å². The van der Waals surface area contributed by atoms with Gasteiger partial charge in [-0.1, -0.05) is 6.07 Å². The number of nitrogens with zero attached hydrogens (tertiary/aromatic N) is 6. The Morgan fingerprint density at radius 1 is 1.23 bits per heavy atom. The Labute approximate surface area is 150 Å². The third kappa shape index (κ3) is 2.91. The number of anilines is 1. The molecule has 5 heterocycles. The smallest absolute Gasteiger partial charge is 0.177 e. The third-order valence-corrected chi connectivity index (χ3v) is 5.07. The van der Waals surface area contributed by atoms with Crippen LogP contribution in [0.3, 0.4) is 0 Å². The van der Waals surface area contributed by atoms with Crippen LogP contribution in [0, 0.1) is 0 Å². The van der Waals surface area contributed by atoms with Crippen molar-refractivity contribution in [3.63, 3.8) is 0 Å². The molecule has 134 valence electrons. The minimum atomic E-state index is -0.128. The molecular formula is C18H20N6O2. The highest BCUT2D eigenvalue weighted by molar-refractivity contribution is 5.48. The van der Waals surface area contributed by atoms with Gasteiger partial charge in [0.1, 0.15) is 17.7 Å². The molecular weight excluding hydrogens is 332 g/mol. The summed E-state index contributed by atoms with van der Waals surface area (Å²) in [6.07, 6.45) is 5.46. The van der Waals surface area contributed by atoms with E-state index < -0.39 is 0 Å². The maximum Gasteiger partial charge on any atom is 0.177 e. The molecule has 0 saturated carbocycles. The summed E-state index contributed by atoms with van der Waals surface area (Å²) in [4.78, 5) is 6.54. The molecule has 0 amide bonds. The Hall–Kier alpha value is -2.58. The Morgan fingerprint density at radius 3 is 3.08 bits per heavy atom. The minimum absolute atomic E-state index is 0.128. The van der Waals surface area contributed by atoms with Crippen LogP contribution >= 0.6 is 0 Å². The molecule has 0 bridgehead atoms. The van der Waals surface area contributed by atoms with E-state index in [0.717, 1.165) is 49.7 Å². The standard InChI is InChI=1S/C18H20N6O2/c1-2-7-19-14(3-1)10-25-15-6-8-26-18(9-15)11-23(12-18)17-5-4-16-21-20-13-24(16)22-17/h1-5,7,13,15H,6,8-12H2/t15-/m0/s1. The summed E-state index contributed by atoms with van der Waals surface area (Å²) in [6.45, 7) is 2.95. The van der Waals surface area contributed by atoms with E-state index in [1.54, 1.807) is 17.0 Å². The summed E-state index contributed by atoms with van der Waals surface area (Å²) >= 11 is 0. The monoisotopic (exact) mass is 352 g/mol. The predicted octanol–water partition coefficient (Wildman–Crippen LogP) is 1.47. The van der Waals surface area contributed by atoms with Gasteiger partial charge in [0.15, 0.2) is 5.65 Å². The number of hydrogen-bond donors (Lipinski definition) is 0. The minimum Gasteiger partial charge on any atom is -0.372 e. The Balaban J connectivity index is 1.20. The van der Waals surface area contributed by atoms with Gasteiger partial charge in [-0.05, 0) is 30.7 Å². The van der Waals surface area contributed by atoms with E-state index in [-0.39, 0.29) is 11.7 Å². The maximum absolute atomic E-state index is 6.11. The Kier molecular flexibility index (Phi) is 3.79. The summed E-state index contributed by atoms with van der Waals surface area (Å²) in [5, 5.41) is 12.4. The topological polar surface area (TPSA) is 77.7 Å². The molecule has 5 rings (SSSR count). The van der Waals surface area contributed by atoms with Crippen LogP contribution in [0.25, 0.3) is 5.65 Å². The van der Waals surface area contributed by atoms with Gasteiger partial charge in [-0.25, -0.2) is 0 Å². The molecule has 0 N–H and O–H groups in total. The lowest BCUT2D eigenvalue weighted by Crippen LogP contribution is -2.66. The zero-order chi connectivity index (χ0) is 17.4. The lowest BCUT2D eigenvalue weighted by molar-refractivity contribution is -0.148. The molecule has 2 aliphatic heterocycles. The van der Waals surface area contributed by atoms with Gasteiger partial charge >= 0.3 is 0 Å². The van der Waals surface area contributed by atoms with E-state index in [1.165, 1.54) is 0 Å². The molecule has 8 nitrogen and oxygen atoms in total. The van der Waals surface area contributed by atoms with Gasteiger partial charge in [-0.2, -0.15) is 4.52 Å². The van der Waals surface area contributed by atoms with Crippen molar-refractivity contribution in [3.05, 3.63) is 48.5 Å². The SMILES string of the molecule is c1ccc(CO[C@H]2CCOC3(C2)CN(c2ccc4nncn4n2)C3)nc1. The van der Waals surface area contributed by atoms with Crippen molar-refractivity contribution in [2.75, 3.05) is 24.6 Å². The van der Waals surface area contributed by atoms with Crippen molar-refractivity contribution in [1.82, 2.24) is 24.8 Å². The summed E-state index contributed by atoms with van der Waals surface area (Å²) in [6, 6.07) is 9.81. The van der Waals surface area contributed by atoms with Crippen LogP contribution in [-0.4, -0.2) is 56.2 Å². The van der Waals surface area contributed by atoms with E-state index in [0.29, 0.717) is 6.61 Å². The number of hydrogen-bond acceptors (Lipinski definition) is 7. The third-order valence-electron chi connectivity index (χ3n) is 5.07. The highest BCUT2D eigenvalue weighted by atomic mass is 16.5. The second-order valence-electron chi connectivity index (χ2n) is 6.96. The van der Waals surface area contributed by atoms with Gasteiger partial charge in [0.05, 0.1) is 31.5 Å². The van der Waals surface area contributed by atoms with E-state index in [2.05, 4.69) is 25.2 Å². The Bertz CT molecular complexity index is 893. The first-order valence-corrected chi connectivity index (χ1v) is 8.87. The zero-order valence-electron chi connectivity index (χ0n) is 14.4. The van der Waals surface area contributed by atoms with Crippen molar-refractivity contribution in [2.45, 2.75) is 31.2 Å². The number of aromatic nitrogens is 5. The molecule has 0 unspecified atom stereocenters. The van der Waals surface area contributed by atoms with E-state index in [4.69, 9.17) is 9.47 Å². The fourth-order valence-corrected chi connectivity index (χ4v) is 3.73. The van der Waals surface area contributed by atoms with Crippen LogP contribution < -0.4 is 4.90 Å². The van der Waals surface area contributed by atoms with Gasteiger partial charge in [-0.3, -0.25) is 4.98 Å². The van der Waals surface area contributed by atoms with Gasteiger partial charge in [-0.15, -0.1) is 15.3 Å². The lowest BCUT2D eigenvalue weighted by Gasteiger charge is -2.53. The maximum atomic E-state index is 6.11. The number of fused-ring (bicyclic) bond motifs is 1. The summed E-state index contributed by atoms with van der Waals surface area (Å²) in [7, 11) is 0. The molecule has 26 heavy (non-hydrogen) atoms. The summed E-state index contributed by atoms with van der Waals surface area (Å²) in [5.41, 5.74) is 1.59. The van der Waals surface area contributed by atoms with Crippen LogP contribution in [-0.2, 0) is 16.1 Å². The number of rotatable bonds is 4. The normalized spacial score (nSPS) is 21.8. The predicted molar refractivity (Wildman–Crippen MR) is 93.7 cm³/mol. The van der Waals surface area contributed by atoms with Crippen molar-refractivity contribution in [1.29, 1.82) is 0 Å². The molecule has 0 radical (unpaired) electrons. The average Bonchev–Trinajstić information content (AvgIpc) is 3.13. The fourth-order valence-electron chi connectivity index (χ4n) is 3.73. The lowest BCUT2D eigenvalue weighted by atomic mass is 9.84. The van der Waals surface area contributed by atoms with Crippen LogP contribution in [0.5, 0.6) is 0 Å². The van der Waals surface area contributed by atoms with Gasteiger partial charge in [0, 0.05) is 19.2 Å². The largest absolute Gasteiger partial charge is 0.372 e. The molecule has 8 heteroatoms. The Morgan fingerprint density at radius 2 is 2.19 bits per heavy atom. The average molecular weight is 352 g/mol. The second-order valence-corrected chi connectivity index (χ2v) is 6.96. The van der Waals surface area contributed by atoms with Gasteiger partial charge in [0.25, 0.3) is 0 Å². The number of pyridine rings is 1. The van der Waals surface area contributed by atoms with Gasteiger partial charge < -0.3 is 14.4 Å². The quantitative estimate of drug-likeness (QED) is 0.704. The molecule has 1 atom stereocenters. The fraction of sp³-hybridized carbons (Fsp3) is 0.444. The van der Waals surface area contributed by atoms with Crippen LogP contribution in [0.4, 0.5) is 5.82 Å². The van der Waals surface area contributed by atoms with E-state index in [9.17, 15) is 0 Å². The first-order valence-electron chi connectivity index (χ1n) is 8.87. The van der Waals surface area contributed by atoms with Gasteiger partial charge in [0.2, 0.25) is 0 Å². The molecule has 0 aromatic carbocycles. The second kappa shape index (κ2) is 6.30. The summed E-state index contributed by atoms with van der Waals surface area (Å²) in [5.74, 6) is 0.919. The summed E-state index contributed by atoms with van der Waals surface area (Å²) < 4.78 is 13.9. The van der Waals surface area contributed by atoms with Crippen molar-refractivity contribution < 1.29 is 9.47 Å². The first-order chi connectivity index (χ1) is 12.8. The molecule has 0 aliphatic carbocycles. The van der Waals surface area contributed by atoms with Crippen LogP contribution in [0.15, 0.2) is 42.9 Å². The van der Waals surface area contributed by atoms with Crippen LogP contribution in [0.2, 0.25) is 0 Å². The van der Waals surface area contributed by atoms with Crippen LogP contribution in [0.1, 0.15) is 18.5 Å². The first kappa shape index (κ1) is 15.7. The zero-order valence-corrected chi connectivity index (χ0v) is 14.4. The molecule has 2 fully saturated rings.